The highest BCUT2D eigenvalue weighted by Crippen LogP contribution is 2.11. The predicted molar refractivity (Wildman–Crippen MR) is 67.6 cm³/mol. The average molecular weight is 280 g/mol. The molecule has 2 rings (SSSR count). The van der Waals surface area contributed by atoms with Crippen molar-refractivity contribution in [2.75, 3.05) is 0 Å². The molecule has 0 aliphatic rings. The van der Waals surface area contributed by atoms with E-state index in [1.54, 1.807) is 0 Å². The third-order valence-corrected chi connectivity index (χ3v) is 3.12. The number of hydrogen-bond donors (Lipinski definition) is 0. The Morgan fingerprint density at radius 2 is 2.00 bits per heavy atom. The van der Waals surface area contributed by atoms with Gasteiger partial charge in [-0.25, -0.2) is 0 Å². The predicted octanol–water partition coefficient (Wildman–Crippen LogP) is 2.61. The van der Waals surface area contributed by atoms with Crippen molar-refractivity contribution in [1.82, 2.24) is 14.8 Å². The Kier molecular flexibility index (Phi) is 3.39. The smallest absolute Gasteiger partial charge is 0.143 e. The number of aryl methyl sites for hydroxylation is 1. The number of benzene rings is 1. The molecule has 0 aliphatic carbocycles. The molecule has 0 saturated carbocycles. The zero-order valence-electron chi connectivity index (χ0n) is 9.44. The zero-order chi connectivity index (χ0) is 11.5. The lowest BCUT2D eigenvalue weighted by Gasteiger charge is -2.03. The first-order valence-corrected chi connectivity index (χ1v) is 6.31. The third kappa shape index (κ3) is 2.32. The second kappa shape index (κ2) is 4.78. The van der Waals surface area contributed by atoms with Gasteiger partial charge in [-0.3, -0.25) is 0 Å². The van der Waals surface area contributed by atoms with Gasteiger partial charge in [-0.05, 0) is 12.5 Å². The Bertz CT molecular complexity index is 491. The Morgan fingerprint density at radius 1 is 1.25 bits per heavy atom. The molecular formula is C12H14BrN3. The van der Waals surface area contributed by atoms with Crippen LogP contribution in [0.25, 0.3) is 0 Å². The second-order valence-electron chi connectivity index (χ2n) is 3.89. The van der Waals surface area contributed by atoms with E-state index < -0.39 is 0 Å². The molecule has 16 heavy (non-hydrogen) atoms. The Labute approximate surface area is 104 Å². The standard InChI is InChI=1S/C12H14BrN3/c1-9-4-3-5-10(6-9)7-11-14-15-12(8-13)16(11)2/h3-6H,7-8H2,1-2H3. The Hall–Kier alpha value is -1.16. The summed E-state index contributed by atoms with van der Waals surface area (Å²) >= 11 is 3.40. The van der Waals surface area contributed by atoms with Crippen LogP contribution in [0.1, 0.15) is 22.8 Å². The lowest BCUT2D eigenvalue weighted by atomic mass is 10.1. The minimum atomic E-state index is 0.740. The summed E-state index contributed by atoms with van der Waals surface area (Å²) in [6.45, 7) is 2.10. The average Bonchev–Trinajstić information content (AvgIpc) is 2.60. The number of hydrogen-bond acceptors (Lipinski definition) is 2. The van der Waals surface area contributed by atoms with Crippen molar-refractivity contribution >= 4 is 15.9 Å². The molecule has 0 N–H and O–H groups in total. The molecule has 3 nitrogen and oxygen atoms in total. The van der Waals surface area contributed by atoms with Crippen molar-refractivity contribution < 1.29 is 0 Å². The minimum Gasteiger partial charge on any atom is -0.317 e. The van der Waals surface area contributed by atoms with E-state index in [0.29, 0.717) is 0 Å². The second-order valence-corrected chi connectivity index (χ2v) is 4.45. The fourth-order valence-corrected chi connectivity index (χ4v) is 2.16. The van der Waals surface area contributed by atoms with Gasteiger partial charge in [0, 0.05) is 13.5 Å². The fourth-order valence-electron chi connectivity index (χ4n) is 1.67. The van der Waals surface area contributed by atoms with Gasteiger partial charge < -0.3 is 4.57 Å². The SMILES string of the molecule is Cc1cccc(Cc2nnc(CBr)n2C)c1. The lowest BCUT2D eigenvalue weighted by molar-refractivity contribution is 0.793. The first-order chi connectivity index (χ1) is 7.70. The molecule has 0 radical (unpaired) electrons. The van der Waals surface area contributed by atoms with Crippen LogP contribution in [-0.2, 0) is 18.8 Å². The van der Waals surface area contributed by atoms with Crippen molar-refractivity contribution in [3.05, 3.63) is 47.0 Å². The first-order valence-electron chi connectivity index (χ1n) is 5.19. The monoisotopic (exact) mass is 279 g/mol. The Morgan fingerprint density at radius 3 is 2.62 bits per heavy atom. The minimum absolute atomic E-state index is 0.740. The fraction of sp³-hybridized carbons (Fsp3) is 0.333. The van der Waals surface area contributed by atoms with Gasteiger partial charge in [0.05, 0.1) is 5.33 Å². The zero-order valence-corrected chi connectivity index (χ0v) is 11.0. The summed E-state index contributed by atoms with van der Waals surface area (Å²) in [6.07, 6.45) is 0.832. The van der Waals surface area contributed by atoms with Crippen LogP contribution in [-0.4, -0.2) is 14.8 Å². The summed E-state index contributed by atoms with van der Waals surface area (Å²) in [4.78, 5) is 0. The van der Waals surface area contributed by atoms with Crippen LogP contribution in [0.4, 0.5) is 0 Å². The van der Waals surface area contributed by atoms with Crippen molar-refractivity contribution in [1.29, 1.82) is 0 Å². The van der Waals surface area contributed by atoms with Gasteiger partial charge in [0.1, 0.15) is 11.6 Å². The molecule has 0 unspecified atom stereocenters. The number of rotatable bonds is 3. The summed E-state index contributed by atoms with van der Waals surface area (Å²) < 4.78 is 2.04. The van der Waals surface area contributed by atoms with E-state index >= 15 is 0 Å². The number of halogens is 1. The van der Waals surface area contributed by atoms with Gasteiger partial charge in [-0.1, -0.05) is 45.8 Å². The van der Waals surface area contributed by atoms with E-state index in [1.807, 2.05) is 11.6 Å². The molecule has 4 heteroatoms. The highest BCUT2D eigenvalue weighted by atomic mass is 79.9. The van der Waals surface area contributed by atoms with E-state index in [0.717, 1.165) is 23.4 Å². The van der Waals surface area contributed by atoms with Crippen molar-refractivity contribution in [2.24, 2.45) is 7.05 Å². The van der Waals surface area contributed by atoms with Crippen molar-refractivity contribution in [2.45, 2.75) is 18.7 Å². The van der Waals surface area contributed by atoms with Gasteiger partial charge in [0.15, 0.2) is 0 Å². The van der Waals surface area contributed by atoms with Crippen LogP contribution in [0.2, 0.25) is 0 Å². The van der Waals surface area contributed by atoms with Crippen molar-refractivity contribution in [3.8, 4) is 0 Å². The number of nitrogens with zero attached hydrogens (tertiary/aromatic N) is 3. The summed E-state index contributed by atoms with van der Waals surface area (Å²) in [5.41, 5.74) is 2.55. The molecule has 0 fully saturated rings. The molecule has 1 aromatic heterocycles. The molecule has 0 aliphatic heterocycles. The van der Waals surface area contributed by atoms with E-state index in [1.165, 1.54) is 11.1 Å². The summed E-state index contributed by atoms with van der Waals surface area (Å²) in [5.74, 6) is 1.96. The normalized spacial score (nSPS) is 10.7. The van der Waals surface area contributed by atoms with E-state index in [4.69, 9.17) is 0 Å². The van der Waals surface area contributed by atoms with E-state index in [9.17, 15) is 0 Å². The van der Waals surface area contributed by atoms with Gasteiger partial charge in [0.25, 0.3) is 0 Å². The molecule has 0 bridgehead atoms. The maximum Gasteiger partial charge on any atom is 0.143 e. The van der Waals surface area contributed by atoms with Crippen LogP contribution in [0.15, 0.2) is 24.3 Å². The van der Waals surface area contributed by atoms with Crippen LogP contribution in [0, 0.1) is 6.92 Å². The van der Waals surface area contributed by atoms with E-state index in [2.05, 4.69) is 57.3 Å². The van der Waals surface area contributed by atoms with Crippen LogP contribution in [0.5, 0.6) is 0 Å². The van der Waals surface area contributed by atoms with Crippen LogP contribution < -0.4 is 0 Å². The largest absolute Gasteiger partial charge is 0.317 e. The van der Waals surface area contributed by atoms with Gasteiger partial charge >= 0.3 is 0 Å². The maximum absolute atomic E-state index is 4.19. The van der Waals surface area contributed by atoms with Gasteiger partial charge in [-0.2, -0.15) is 0 Å². The highest BCUT2D eigenvalue weighted by molar-refractivity contribution is 9.08. The third-order valence-electron chi connectivity index (χ3n) is 2.62. The molecule has 2 aromatic rings. The Balaban J connectivity index is 2.24. The summed E-state index contributed by atoms with van der Waals surface area (Å²) in [7, 11) is 2.00. The first kappa shape index (κ1) is 11.3. The lowest BCUT2D eigenvalue weighted by Crippen LogP contribution is -2.01. The van der Waals surface area contributed by atoms with Crippen LogP contribution in [0.3, 0.4) is 0 Å². The number of alkyl halides is 1. The highest BCUT2D eigenvalue weighted by Gasteiger charge is 2.07. The van der Waals surface area contributed by atoms with E-state index in [-0.39, 0.29) is 0 Å². The molecule has 84 valence electrons. The van der Waals surface area contributed by atoms with Crippen molar-refractivity contribution in [3.63, 3.8) is 0 Å². The van der Waals surface area contributed by atoms with Gasteiger partial charge in [-0.15, -0.1) is 10.2 Å². The summed E-state index contributed by atoms with van der Waals surface area (Å²) in [5, 5.41) is 9.05. The molecule has 0 amide bonds. The molecule has 1 aromatic carbocycles. The topological polar surface area (TPSA) is 30.7 Å². The van der Waals surface area contributed by atoms with Gasteiger partial charge in [0.2, 0.25) is 0 Å². The number of aromatic nitrogens is 3. The quantitative estimate of drug-likeness (QED) is 0.809. The van der Waals surface area contributed by atoms with Crippen LogP contribution >= 0.6 is 15.9 Å². The maximum atomic E-state index is 4.19. The molecular weight excluding hydrogens is 266 g/mol. The molecule has 0 saturated heterocycles. The summed E-state index contributed by atoms with van der Waals surface area (Å²) in [6, 6.07) is 8.48. The molecule has 0 atom stereocenters. The molecule has 0 spiro atoms. The molecule has 1 heterocycles.